The molecule has 2 heterocycles. The van der Waals surface area contributed by atoms with Crippen molar-refractivity contribution >= 4 is 22.6 Å². The van der Waals surface area contributed by atoms with E-state index in [4.69, 9.17) is 11.6 Å². The SMILES string of the molecule is FC(F)(F)c1ccc2nc(-c3cccc(Cn4cc(Cl)cn4)c3)[nH]c2c1. The monoisotopic (exact) mass is 376 g/mol. The molecule has 8 heteroatoms. The molecule has 0 fully saturated rings. The van der Waals surface area contributed by atoms with E-state index in [1.807, 2.05) is 24.3 Å². The van der Waals surface area contributed by atoms with Crippen molar-refractivity contribution in [2.45, 2.75) is 12.7 Å². The van der Waals surface area contributed by atoms with Crippen molar-refractivity contribution in [3.8, 4) is 11.4 Å². The Labute approximate surface area is 151 Å². The van der Waals surface area contributed by atoms with Gasteiger partial charge in [0, 0.05) is 11.8 Å². The zero-order valence-electron chi connectivity index (χ0n) is 13.3. The number of halogens is 4. The number of imidazole rings is 1. The summed E-state index contributed by atoms with van der Waals surface area (Å²) in [5, 5.41) is 4.69. The van der Waals surface area contributed by atoms with E-state index >= 15 is 0 Å². The summed E-state index contributed by atoms with van der Waals surface area (Å²) in [5.41, 5.74) is 1.88. The molecule has 0 unspecified atom stereocenters. The molecular weight excluding hydrogens is 365 g/mol. The molecule has 0 saturated heterocycles. The van der Waals surface area contributed by atoms with Crippen LogP contribution < -0.4 is 0 Å². The Balaban J connectivity index is 1.67. The first-order valence-corrected chi connectivity index (χ1v) is 8.10. The molecule has 2 aromatic carbocycles. The Morgan fingerprint density at radius 1 is 1.12 bits per heavy atom. The molecule has 0 aliphatic rings. The summed E-state index contributed by atoms with van der Waals surface area (Å²) in [6.45, 7) is 0.527. The Bertz CT molecular complexity index is 1080. The highest BCUT2D eigenvalue weighted by molar-refractivity contribution is 6.30. The minimum absolute atomic E-state index is 0.346. The van der Waals surface area contributed by atoms with Gasteiger partial charge in [-0.1, -0.05) is 29.8 Å². The molecule has 0 aliphatic carbocycles. The maximum atomic E-state index is 12.9. The van der Waals surface area contributed by atoms with Crippen LogP contribution >= 0.6 is 11.6 Å². The molecule has 0 saturated carbocycles. The lowest BCUT2D eigenvalue weighted by Crippen LogP contribution is -2.04. The van der Waals surface area contributed by atoms with Gasteiger partial charge in [0.25, 0.3) is 0 Å². The van der Waals surface area contributed by atoms with Crippen LogP contribution in [-0.2, 0) is 12.7 Å². The van der Waals surface area contributed by atoms with Gasteiger partial charge in [0.15, 0.2) is 0 Å². The summed E-state index contributed by atoms with van der Waals surface area (Å²) < 4.78 is 40.3. The third-order valence-electron chi connectivity index (χ3n) is 3.96. The van der Waals surface area contributed by atoms with Crippen molar-refractivity contribution in [1.82, 2.24) is 19.7 Å². The zero-order chi connectivity index (χ0) is 18.3. The highest BCUT2D eigenvalue weighted by Crippen LogP contribution is 2.31. The fraction of sp³-hybridized carbons (Fsp3) is 0.111. The zero-order valence-corrected chi connectivity index (χ0v) is 14.0. The van der Waals surface area contributed by atoms with Crippen LogP contribution in [0.4, 0.5) is 13.2 Å². The lowest BCUT2D eigenvalue weighted by Gasteiger charge is -2.05. The molecule has 4 rings (SSSR count). The molecule has 0 atom stereocenters. The lowest BCUT2D eigenvalue weighted by molar-refractivity contribution is -0.137. The number of aromatic nitrogens is 4. The fourth-order valence-electron chi connectivity index (χ4n) is 2.75. The van der Waals surface area contributed by atoms with E-state index < -0.39 is 11.7 Å². The maximum Gasteiger partial charge on any atom is 0.416 e. The molecule has 0 radical (unpaired) electrons. The normalized spacial score (nSPS) is 12.0. The van der Waals surface area contributed by atoms with Crippen molar-refractivity contribution in [2.24, 2.45) is 0 Å². The number of aromatic amines is 1. The molecule has 132 valence electrons. The lowest BCUT2D eigenvalue weighted by atomic mass is 10.1. The smallest absolute Gasteiger partial charge is 0.338 e. The third kappa shape index (κ3) is 3.30. The van der Waals surface area contributed by atoms with Crippen LogP contribution in [0.5, 0.6) is 0 Å². The summed E-state index contributed by atoms with van der Waals surface area (Å²) in [6.07, 6.45) is -1.11. The van der Waals surface area contributed by atoms with Gasteiger partial charge in [0.1, 0.15) is 5.82 Å². The second-order valence-corrected chi connectivity index (χ2v) is 6.31. The Kier molecular flexibility index (Phi) is 3.96. The van der Waals surface area contributed by atoms with Crippen LogP contribution in [0.3, 0.4) is 0 Å². The Hall–Kier alpha value is -2.80. The van der Waals surface area contributed by atoms with Crippen LogP contribution in [0, 0.1) is 0 Å². The van der Waals surface area contributed by atoms with Gasteiger partial charge in [-0.15, -0.1) is 0 Å². The quantitative estimate of drug-likeness (QED) is 0.537. The van der Waals surface area contributed by atoms with Crippen LogP contribution in [0.15, 0.2) is 54.9 Å². The molecule has 0 amide bonds. The number of nitrogens with one attached hydrogen (secondary N) is 1. The van der Waals surface area contributed by atoms with Crippen molar-refractivity contribution in [3.05, 3.63) is 71.0 Å². The minimum atomic E-state index is -4.38. The van der Waals surface area contributed by atoms with E-state index in [1.54, 1.807) is 17.1 Å². The van der Waals surface area contributed by atoms with Crippen LogP contribution in [0.25, 0.3) is 22.4 Å². The molecule has 0 bridgehead atoms. The van der Waals surface area contributed by atoms with E-state index in [-0.39, 0.29) is 0 Å². The average Bonchev–Trinajstić information content (AvgIpc) is 3.19. The highest BCUT2D eigenvalue weighted by Gasteiger charge is 2.30. The summed E-state index contributed by atoms with van der Waals surface area (Å²) in [5.74, 6) is 0.514. The molecule has 0 spiro atoms. The standard InChI is InChI=1S/C18H12ClF3N4/c19-14-8-23-26(10-14)9-11-2-1-3-12(6-11)17-24-15-5-4-13(18(20,21)22)7-16(15)25-17/h1-8,10H,9H2,(H,24,25). The predicted octanol–water partition coefficient (Wildman–Crippen LogP) is 5.15. The molecule has 2 aromatic heterocycles. The van der Waals surface area contributed by atoms with Gasteiger partial charge in [-0.05, 0) is 29.8 Å². The van der Waals surface area contributed by atoms with Gasteiger partial charge < -0.3 is 4.98 Å². The number of alkyl halides is 3. The summed E-state index contributed by atoms with van der Waals surface area (Å²) >= 11 is 5.87. The molecule has 0 aliphatic heterocycles. The van der Waals surface area contributed by atoms with E-state index in [0.717, 1.165) is 23.3 Å². The van der Waals surface area contributed by atoms with Crippen molar-refractivity contribution in [3.63, 3.8) is 0 Å². The summed E-state index contributed by atoms with van der Waals surface area (Å²) in [4.78, 5) is 7.36. The van der Waals surface area contributed by atoms with E-state index in [1.165, 1.54) is 6.07 Å². The predicted molar refractivity (Wildman–Crippen MR) is 92.9 cm³/mol. The summed E-state index contributed by atoms with van der Waals surface area (Å²) in [6, 6.07) is 11.0. The number of nitrogens with zero attached hydrogens (tertiary/aromatic N) is 3. The minimum Gasteiger partial charge on any atom is -0.338 e. The number of H-pyrrole nitrogens is 1. The van der Waals surface area contributed by atoms with Gasteiger partial charge >= 0.3 is 6.18 Å². The molecular formula is C18H12ClF3N4. The van der Waals surface area contributed by atoms with Crippen molar-refractivity contribution in [2.75, 3.05) is 0 Å². The maximum absolute atomic E-state index is 12.9. The first-order valence-electron chi connectivity index (χ1n) is 7.73. The largest absolute Gasteiger partial charge is 0.416 e. The van der Waals surface area contributed by atoms with Crippen LogP contribution in [0.2, 0.25) is 5.02 Å². The van der Waals surface area contributed by atoms with Gasteiger partial charge in [-0.2, -0.15) is 18.3 Å². The molecule has 4 aromatic rings. The number of hydrogen-bond acceptors (Lipinski definition) is 2. The number of hydrogen-bond donors (Lipinski definition) is 1. The molecule has 26 heavy (non-hydrogen) atoms. The second kappa shape index (κ2) is 6.17. The first-order chi connectivity index (χ1) is 12.4. The van der Waals surface area contributed by atoms with Gasteiger partial charge in [0.05, 0.1) is 34.4 Å². The second-order valence-electron chi connectivity index (χ2n) is 5.87. The Morgan fingerprint density at radius 3 is 2.69 bits per heavy atom. The average molecular weight is 377 g/mol. The van der Waals surface area contributed by atoms with Gasteiger partial charge in [-0.25, -0.2) is 4.98 Å². The topological polar surface area (TPSA) is 46.5 Å². The van der Waals surface area contributed by atoms with Crippen molar-refractivity contribution in [1.29, 1.82) is 0 Å². The van der Waals surface area contributed by atoms with Crippen LogP contribution in [-0.4, -0.2) is 19.7 Å². The Morgan fingerprint density at radius 2 is 1.96 bits per heavy atom. The summed E-state index contributed by atoms with van der Waals surface area (Å²) in [7, 11) is 0. The number of rotatable bonds is 3. The fourth-order valence-corrected chi connectivity index (χ4v) is 2.91. The third-order valence-corrected chi connectivity index (χ3v) is 4.15. The number of fused-ring (bicyclic) bond motifs is 1. The number of benzene rings is 2. The van der Waals surface area contributed by atoms with E-state index in [9.17, 15) is 13.2 Å². The molecule has 1 N–H and O–H groups in total. The van der Waals surface area contributed by atoms with Crippen LogP contribution in [0.1, 0.15) is 11.1 Å². The molecule has 4 nitrogen and oxygen atoms in total. The van der Waals surface area contributed by atoms with Crippen molar-refractivity contribution < 1.29 is 13.2 Å². The first kappa shape index (κ1) is 16.7. The van der Waals surface area contributed by atoms with E-state index in [0.29, 0.717) is 28.4 Å². The van der Waals surface area contributed by atoms with E-state index in [2.05, 4.69) is 15.1 Å². The van der Waals surface area contributed by atoms with Gasteiger partial charge in [-0.3, -0.25) is 4.68 Å². The highest BCUT2D eigenvalue weighted by atomic mass is 35.5. The van der Waals surface area contributed by atoms with Gasteiger partial charge in [0.2, 0.25) is 0 Å².